The van der Waals surface area contributed by atoms with Crippen LogP contribution >= 0.6 is 0 Å². The number of fused-ring (bicyclic) bond motifs is 1. The second-order valence-corrected chi connectivity index (χ2v) is 6.25. The molecule has 4 rings (SSSR count). The van der Waals surface area contributed by atoms with Crippen molar-refractivity contribution in [1.82, 2.24) is 20.2 Å². The number of aromatic nitrogens is 2. The van der Waals surface area contributed by atoms with Gasteiger partial charge in [0.25, 0.3) is 0 Å². The first-order chi connectivity index (χ1) is 11.7. The van der Waals surface area contributed by atoms with Crippen LogP contribution in [-0.4, -0.2) is 21.6 Å². The van der Waals surface area contributed by atoms with Crippen molar-refractivity contribution in [3.05, 3.63) is 66.0 Å². The second-order valence-electron chi connectivity index (χ2n) is 6.25. The van der Waals surface area contributed by atoms with E-state index in [1.165, 1.54) is 0 Å². The molecule has 1 saturated carbocycles. The molecule has 1 aliphatic rings. The number of benzene rings is 2. The van der Waals surface area contributed by atoms with Gasteiger partial charge in [-0.05, 0) is 30.5 Å². The smallest absolute Gasteiger partial charge is 0.315 e. The Labute approximate surface area is 140 Å². The molecular formula is C19H20N4O. The molecule has 1 atom stereocenters. The molecule has 2 amide bonds. The van der Waals surface area contributed by atoms with Crippen molar-refractivity contribution < 1.29 is 4.79 Å². The van der Waals surface area contributed by atoms with Gasteiger partial charge in [0.05, 0.1) is 11.0 Å². The standard InChI is InChI=1S/C19H20N4O/c1-23-16-10-6-5-9-15(16)21-18(23)17(13-7-3-2-4-8-13)22-19(24)20-14-11-12-14/h2-10,14,17H,11-12H2,1H3,(H2,20,22,24)/t17-/m0/s1. The van der Waals surface area contributed by atoms with Crippen molar-refractivity contribution in [3.63, 3.8) is 0 Å². The van der Waals surface area contributed by atoms with E-state index in [0.29, 0.717) is 6.04 Å². The summed E-state index contributed by atoms with van der Waals surface area (Å²) in [6.07, 6.45) is 2.13. The normalized spacial score (nSPS) is 15.2. The fourth-order valence-corrected chi connectivity index (χ4v) is 2.95. The van der Waals surface area contributed by atoms with E-state index in [1.807, 2.05) is 66.2 Å². The highest BCUT2D eigenvalue weighted by Crippen LogP contribution is 2.25. The quantitative estimate of drug-likeness (QED) is 0.776. The van der Waals surface area contributed by atoms with Gasteiger partial charge < -0.3 is 15.2 Å². The maximum absolute atomic E-state index is 12.3. The summed E-state index contributed by atoms with van der Waals surface area (Å²) in [5, 5.41) is 6.08. The molecule has 0 radical (unpaired) electrons. The van der Waals surface area contributed by atoms with Gasteiger partial charge in [-0.2, -0.15) is 0 Å². The fraction of sp³-hybridized carbons (Fsp3) is 0.263. The Morgan fingerprint density at radius 1 is 1.12 bits per heavy atom. The Morgan fingerprint density at radius 3 is 2.54 bits per heavy atom. The van der Waals surface area contributed by atoms with Crippen molar-refractivity contribution in [2.45, 2.75) is 24.9 Å². The number of rotatable bonds is 4. The summed E-state index contributed by atoms with van der Waals surface area (Å²) < 4.78 is 2.05. The molecule has 3 aromatic rings. The van der Waals surface area contributed by atoms with Crippen LogP contribution in [0, 0.1) is 0 Å². The molecule has 5 nitrogen and oxygen atoms in total. The number of hydrogen-bond donors (Lipinski definition) is 2. The van der Waals surface area contributed by atoms with E-state index >= 15 is 0 Å². The number of nitrogens with one attached hydrogen (secondary N) is 2. The Hall–Kier alpha value is -2.82. The predicted molar refractivity (Wildman–Crippen MR) is 93.7 cm³/mol. The van der Waals surface area contributed by atoms with Crippen molar-refractivity contribution in [2.24, 2.45) is 7.05 Å². The molecule has 1 heterocycles. The topological polar surface area (TPSA) is 59.0 Å². The molecule has 0 saturated heterocycles. The molecule has 0 bridgehead atoms. The van der Waals surface area contributed by atoms with E-state index in [9.17, 15) is 4.79 Å². The molecule has 0 aliphatic heterocycles. The zero-order valence-corrected chi connectivity index (χ0v) is 13.6. The third-order valence-corrected chi connectivity index (χ3v) is 4.40. The zero-order chi connectivity index (χ0) is 16.5. The number of urea groups is 1. The van der Waals surface area contributed by atoms with Crippen LogP contribution in [0.5, 0.6) is 0 Å². The minimum absolute atomic E-state index is 0.140. The lowest BCUT2D eigenvalue weighted by molar-refractivity contribution is 0.237. The van der Waals surface area contributed by atoms with Gasteiger partial charge in [-0.3, -0.25) is 0 Å². The van der Waals surface area contributed by atoms with E-state index in [4.69, 9.17) is 4.98 Å². The fourth-order valence-electron chi connectivity index (χ4n) is 2.95. The van der Waals surface area contributed by atoms with Gasteiger partial charge in [-0.15, -0.1) is 0 Å². The first kappa shape index (κ1) is 14.8. The summed E-state index contributed by atoms with van der Waals surface area (Å²) in [5.74, 6) is 0.827. The molecular weight excluding hydrogens is 300 g/mol. The van der Waals surface area contributed by atoms with E-state index in [2.05, 4.69) is 10.6 Å². The number of hydrogen-bond acceptors (Lipinski definition) is 2. The molecule has 5 heteroatoms. The molecule has 1 aromatic heterocycles. The molecule has 122 valence electrons. The highest BCUT2D eigenvalue weighted by molar-refractivity contribution is 5.78. The highest BCUT2D eigenvalue weighted by Gasteiger charge is 2.27. The second kappa shape index (κ2) is 6.00. The van der Waals surface area contributed by atoms with Crippen LogP contribution in [0.15, 0.2) is 54.6 Å². The number of nitrogens with zero attached hydrogens (tertiary/aromatic N) is 2. The Kier molecular flexibility index (Phi) is 3.69. The lowest BCUT2D eigenvalue weighted by Gasteiger charge is -2.19. The van der Waals surface area contributed by atoms with Gasteiger partial charge in [0, 0.05) is 13.1 Å². The van der Waals surface area contributed by atoms with Gasteiger partial charge in [0.1, 0.15) is 11.9 Å². The number of para-hydroxylation sites is 2. The van der Waals surface area contributed by atoms with Crippen molar-refractivity contribution >= 4 is 17.1 Å². The van der Waals surface area contributed by atoms with Crippen LogP contribution in [0.1, 0.15) is 30.3 Å². The summed E-state index contributed by atoms with van der Waals surface area (Å²) in [5.41, 5.74) is 3.00. The number of amides is 2. The third-order valence-electron chi connectivity index (χ3n) is 4.40. The monoisotopic (exact) mass is 320 g/mol. The van der Waals surface area contributed by atoms with Crippen molar-refractivity contribution in [1.29, 1.82) is 0 Å². The number of carbonyl (C=O) groups is 1. The van der Waals surface area contributed by atoms with Gasteiger partial charge >= 0.3 is 6.03 Å². The van der Waals surface area contributed by atoms with Gasteiger partial charge in [0.2, 0.25) is 0 Å². The summed E-state index contributed by atoms with van der Waals surface area (Å²) >= 11 is 0. The summed E-state index contributed by atoms with van der Waals surface area (Å²) in [6, 6.07) is 17.9. The minimum atomic E-state index is -0.289. The van der Waals surface area contributed by atoms with Crippen LogP contribution < -0.4 is 10.6 Å². The van der Waals surface area contributed by atoms with Crippen LogP contribution in [0.4, 0.5) is 4.79 Å². The highest BCUT2D eigenvalue weighted by atomic mass is 16.2. The SMILES string of the molecule is Cn1c([C@@H](NC(=O)NC2CC2)c2ccccc2)nc2ccccc21. The maximum atomic E-state index is 12.3. The zero-order valence-electron chi connectivity index (χ0n) is 13.6. The summed E-state index contributed by atoms with van der Waals surface area (Å²) in [4.78, 5) is 17.1. The lowest BCUT2D eigenvalue weighted by atomic mass is 10.1. The molecule has 24 heavy (non-hydrogen) atoms. The van der Waals surface area contributed by atoms with Crippen LogP contribution in [0.3, 0.4) is 0 Å². The van der Waals surface area contributed by atoms with Gasteiger partial charge in [-0.1, -0.05) is 42.5 Å². The maximum Gasteiger partial charge on any atom is 0.315 e. The molecule has 0 spiro atoms. The number of imidazole rings is 1. The molecule has 2 N–H and O–H groups in total. The van der Waals surface area contributed by atoms with Crippen LogP contribution in [-0.2, 0) is 7.05 Å². The minimum Gasteiger partial charge on any atom is -0.335 e. The summed E-state index contributed by atoms with van der Waals surface area (Å²) in [7, 11) is 1.99. The van der Waals surface area contributed by atoms with E-state index in [0.717, 1.165) is 35.3 Å². The average molecular weight is 320 g/mol. The molecule has 2 aromatic carbocycles. The molecule has 1 aliphatic carbocycles. The van der Waals surface area contributed by atoms with E-state index in [1.54, 1.807) is 0 Å². The van der Waals surface area contributed by atoms with E-state index in [-0.39, 0.29) is 12.1 Å². The van der Waals surface area contributed by atoms with Crippen molar-refractivity contribution in [3.8, 4) is 0 Å². The van der Waals surface area contributed by atoms with Gasteiger partial charge in [0.15, 0.2) is 0 Å². The Bertz CT molecular complexity index is 867. The first-order valence-electron chi connectivity index (χ1n) is 8.25. The van der Waals surface area contributed by atoms with Crippen LogP contribution in [0.25, 0.3) is 11.0 Å². The van der Waals surface area contributed by atoms with Gasteiger partial charge in [-0.25, -0.2) is 9.78 Å². The molecule has 1 fully saturated rings. The Balaban J connectivity index is 1.73. The average Bonchev–Trinajstić information content (AvgIpc) is 3.36. The molecule has 0 unspecified atom stereocenters. The van der Waals surface area contributed by atoms with E-state index < -0.39 is 0 Å². The number of aryl methyl sites for hydroxylation is 1. The van der Waals surface area contributed by atoms with Crippen molar-refractivity contribution in [2.75, 3.05) is 0 Å². The third kappa shape index (κ3) is 2.85. The predicted octanol–water partition coefficient (Wildman–Crippen LogP) is 3.12. The summed E-state index contributed by atoms with van der Waals surface area (Å²) in [6.45, 7) is 0. The lowest BCUT2D eigenvalue weighted by Crippen LogP contribution is -2.40. The largest absolute Gasteiger partial charge is 0.335 e. The first-order valence-corrected chi connectivity index (χ1v) is 8.25. The number of carbonyl (C=O) groups excluding carboxylic acids is 1. The van der Waals surface area contributed by atoms with Crippen LogP contribution in [0.2, 0.25) is 0 Å². The Morgan fingerprint density at radius 2 is 1.83 bits per heavy atom.